The quantitative estimate of drug-likeness (QED) is 0.563. The maximum atomic E-state index is 11.6. The maximum absolute atomic E-state index is 11.6. The second-order valence-corrected chi connectivity index (χ2v) is 6.29. The van der Waals surface area contributed by atoms with Crippen LogP contribution in [0, 0.1) is 0 Å². The summed E-state index contributed by atoms with van der Waals surface area (Å²) in [4.78, 5) is 13.8. The normalized spacial score (nSPS) is 11.4. The number of rotatable bonds is 4. The fourth-order valence-corrected chi connectivity index (χ4v) is 3.15. The highest BCUT2D eigenvalue weighted by atomic mass is 79.9. The highest BCUT2D eigenvalue weighted by Gasteiger charge is 2.06. The predicted molar refractivity (Wildman–Crippen MR) is 87.7 cm³/mol. The Hall–Kier alpha value is -1.39. The molecule has 0 saturated carbocycles. The van der Waals surface area contributed by atoms with E-state index in [9.17, 15) is 4.79 Å². The third-order valence-corrected chi connectivity index (χ3v) is 4.27. The number of hydrogen-bond acceptors (Lipinski definition) is 3. The van der Waals surface area contributed by atoms with Crippen LogP contribution in [-0.4, -0.2) is 12.6 Å². The smallest absolute Gasteiger partial charge is 0.333 e. The Morgan fingerprint density at radius 1 is 1.35 bits per heavy atom. The lowest BCUT2D eigenvalue weighted by Gasteiger charge is -2.00. The van der Waals surface area contributed by atoms with Gasteiger partial charge in [-0.15, -0.1) is 11.3 Å². The lowest BCUT2D eigenvalue weighted by Crippen LogP contribution is -2.04. The standard InChI is InChI=1S/C16H15BrO2S/c1-3-19-16(18)11(2)9-14-7-8-15(20-14)12-5-4-6-13(17)10-12/h4-10H,3H2,1-2H3/b11-9+. The minimum Gasteiger partial charge on any atom is -0.463 e. The summed E-state index contributed by atoms with van der Waals surface area (Å²) < 4.78 is 6.03. The van der Waals surface area contributed by atoms with E-state index in [-0.39, 0.29) is 5.97 Å². The Bertz CT molecular complexity index is 643. The molecule has 0 unspecified atom stereocenters. The van der Waals surface area contributed by atoms with Crippen molar-refractivity contribution in [2.75, 3.05) is 6.61 Å². The summed E-state index contributed by atoms with van der Waals surface area (Å²) in [6, 6.07) is 12.3. The highest BCUT2D eigenvalue weighted by Crippen LogP contribution is 2.30. The van der Waals surface area contributed by atoms with Crippen molar-refractivity contribution in [3.8, 4) is 10.4 Å². The van der Waals surface area contributed by atoms with Crippen molar-refractivity contribution in [2.24, 2.45) is 0 Å². The Morgan fingerprint density at radius 3 is 2.85 bits per heavy atom. The third-order valence-electron chi connectivity index (χ3n) is 2.69. The van der Waals surface area contributed by atoms with Crippen LogP contribution in [0.1, 0.15) is 18.7 Å². The summed E-state index contributed by atoms with van der Waals surface area (Å²) in [6.45, 7) is 3.98. The summed E-state index contributed by atoms with van der Waals surface area (Å²) in [5, 5.41) is 0. The molecule has 0 amide bonds. The molecular formula is C16H15BrO2S. The molecule has 0 fully saturated rings. The van der Waals surface area contributed by atoms with Crippen LogP contribution in [0.3, 0.4) is 0 Å². The van der Waals surface area contributed by atoms with E-state index in [0.717, 1.165) is 14.9 Å². The van der Waals surface area contributed by atoms with E-state index in [1.54, 1.807) is 18.3 Å². The zero-order valence-corrected chi connectivity index (χ0v) is 13.8. The van der Waals surface area contributed by atoms with E-state index in [0.29, 0.717) is 12.2 Å². The summed E-state index contributed by atoms with van der Waals surface area (Å²) in [6.07, 6.45) is 1.87. The molecule has 0 atom stereocenters. The lowest BCUT2D eigenvalue weighted by atomic mass is 10.2. The topological polar surface area (TPSA) is 26.3 Å². The van der Waals surface area contributed by atoms with E-state index in [4.69, 9.17) is 4.74 Å². The first-order valence-electron chi connectivity index (χ1n) is 6.31. The molecule has 2 aromatic rings. The van der Waals surface area contributed by atoms with Crippen molar-refractivity contribution < 1.29 is 9.53 Å². The van der Waals surface area contributed by atoms with E-state index < -0.39 is 0 Å². The van der Waals surface area contributed by atoms with Gasteiger partial charge in [-0.3, -0.25) is 0 Å². The molecule has 0 aliphatic heterocycles. The number of hydrogen-bond donors (Lipinski definition) is 0. The fraction of sp³-hybridized carbons (Fsp3) is 0.188. The summed E-state index contributed by atoms with van der Waals surface area (Å²) >= 11 is 5.13. The molecular weight excluding hydrogens is 336 g/mol. The van der Waals surface area contributed by atoms with Gasteiger partial charge in [0.05, 0.1) is 6.61 Å². The van der Waals surface area contributed by atoms with Gasteiger partial charge in [-0.05, 0) is 49.8 Å². The van der Waals surface area contributed by atoms with Gasteiger partial charge in [0.2, 0.25) is 0 Å². The van der Waals surface area contributed by atoms with Crippen LogP contribution in [0.2, 0.25) is 0 Å². The van der Waals surface area contributed by atoms with Crippen molar-refractivity contribution >= 4 is 39.3 Å². The van der Waals surface area contributed by atoms with E-state index in [2.05, 4.69) is 34.1 Å². The number of esters is 1. The molecule has 2 rings (SSSR count). The summed E-state index contributed by atoms with van der Waals surface area (Å²) in [5.41, 5.74) is 1.78. The van der Waals surface area contributed by atoms with Gasteiger partial charge in [0, 0.05) is 19.8 Å². The van der Waals surface area contributed by atoms with Crippen LogP contribution in [0.25, 0.3) is 16.5 Å². The number of halogens is 1. The predicted octanol–water partition coefficient (Wildman–Crippen LogP) is 5.14. The van der Waals surface area contributed by atoms with Crippen LogP contribution in [0.4, 0.5) is 0 Å². The van der Waals surface area contributed by atoms with Crippen LogP contribution < -0.4 is 0 Å². The molecule has 1 aromatic carbocycles. The largest absolute Gasteiger partial charge is 0.463 e. The first-order chi connectivity index (χ1) is 9.60. The van der Waals surface area contributed by atoms with E-state index >= 15 is 0 Å². The minimum absolute atomic E-state index is 0.259. The molecule has 4 heteroatoms. The van der Waals surface area contributed by atoms with Crippen molar-refractivity contribution in [3.63, 3.8) is 0 Å². The van der Waals surface area contributed by atoms with Crippen LogP contribution in [0.5, 0.6) is 0 Å². The average molecular weight is 351 g/mol. The van der Waals surface area contributed by atoms with Crippen LogP contribution >= 0.6 is 27.3 Å². The zero-order valence-electron chi connectivity index (χ0n) is 11.4. The SMILES string of the molecule is CCOC(=O)/C(C)=C/c1ccc(-c2cccc(Br)c2)s1. The first-order valence-corrected chi connectivity index (χ1v) is 7.92. The number of carbonyl (C=O) groups is 1. The van der Waals surface area contributed by atoms with Gasteiger partial charge in [-0.25, -0.2) is 4.79 Å². The second-order valence-electron chi connectivity index (χ2n) is 4.26. The van der Waals surface area contributed by atoms with Crippen molar-refractivity contribution in [2.45, 2.75) is 13.8 Å². The molecule has 0 bridgehead atoms. The van der Waals surface area contributed by atoms with Gasteiger partial charge in [0.1, 0.15) is 0 Å². The van der Waals surface area contributed by atoms with Crippen molar-refractivity contribution in [1.29, 1.82) is 0 Å². The fourth-order valence-electron chi connectivity index (χ4n) is 1.74. The first kappa shape index (κ1) is 15.0. The van der Waals surface area contributed by atoms with E-state index in [1.807, 2.05) is 31.2 Å². The van der Waals surface area contributed by atoms with Gasteiger partial charge < -0.3 is 4.74 Å². The van der Waals surface area contributed by atoms with E-state index in [1.165, 1.54) is 4.88 Å². The molecule has 0 spiro atoms. The Labute approximate surface area is 131 Å². The highest BCUT2D eigenvalue weighted by molar-refractivity contribution is 9.10. The third kappa shape index (κ3) is 3.81. The molecule has 1 aromatic heterocycles. The van der Waals surface area contributed by atoms with Gasteiger partial charge >= 0.3 is 5.97 Å². The van der Waals surface area contributed by atoms with Gasteiger partial charge in [-0.1, -0.05) is 28.1 Å². The van der Waals surface area contributed by atoms with Crippen molar-refractivity contribution in [1.82, 2.24) is 0 Å². The molecule has 104 valence electrons. The number of ether oxygens (including phenoxy) is 1. The molecule has 0 aliphatic rings. The molecule has 20 heavy (non-hydrogen) atoms. The average Bonchev–Trinajstić information content (AvgIpc) is 2.87. The molecule has 0 N–H and O–H groups in total. The molecule has 0 saturated heterocycles. The summed E-state index contributed by atoms with van der Waals surface area (Å²) in [5.74, 6) is -0.259. The Kier molecular flexibility index (Phi) is 5.15. The van der Waals surface area contributed by atoms with Crippen LogP contribution in [-0.2, 0) is 9.53 Å². The molecule has 0 radical (unpaired) electrons. The van der Waals surface area contributed by atoms with Crippen molar-refractivity contribution in [3.05, 3.63) is 51.3 Å². The minimum atomic E-state index is -0.259. The molecule has 1 heterocycles. The van der Waals surface area contributed by atoms with Gasteiger partial charge in [-0.2, -0.15) is 0 Å². The number of thiophene rings is 1. The number of carbonyl (C=O) groups excluding carboxylic acids is 1. The second kappa shape index (κ2) is 6.86. The molecule has 0 aliphatic carbocycles. The molecule has 2 nitrogen and oxygen atoms in total. The van der Waals surface area contributed by atoms with Gasteiger partial charge in [0.15, 0.2) is 0 Å². The maximum Gasteiger partial charge on any atom is 0.333 e. The summed E-state index contributed by atoms with van der Waals surface area (Å²) in [7, 11) is 0. The Morgan fingerprint density at radius 2 is 2.15 bits per heavy atom. The zero-order chi connectivity index (χ0) is 14.5. The number of benzene rings is 1. The Balaban J connectivity index is 2.21. The lowest BCUT2D eigenvalue weighted by molar-refractivity contribution is -0.138. The van der Waals surface area contributed by atoms with Gasteiger partial charge in [0.25, 0.3) is 0 Å². The van der Waals surface area contributed by atoms with Crippen LogP contribution in [0.15, 0.2) is 46.4 Å². The monoisotopic (exact) mass is 350 g/mol.